The molecule has 5 nitrogen and oxygen atoms in total. The minimum Gasteiger partial charge on any atom is -0.355 e. The predicted octanol–water partition coefficient (Wildman–Crippen LogP) is 1.71. The third-order valence-corrected chi connectivity index (χ3v) is 3.14. The van der Waals surface area contributed by atoms with Gasteiger partial charge in [0.25, 0.3) is 11.8 Å². The van der Waals surface area contributed by atoms with Crippen LogP contribution in [0.4, 0.5) is 0 Å². The molecule has 108 valence electrons. The Morgan fingerprint density at radius 1 is 1.05 bits per heavy atom. The summed E-state index contributed by atoms with van der Waals surface area (Å²) < 4.78 is 0. The van der Waals surface area contributed by atoms with Gasteiger partial charge in [0, 0.05) is 44.2 Å². The molecule has 2 amide bonds. The smallest absolute Gasteiger partial charge is 0.254 e. The van der Waals surface area contributed by atoms with E-state index in [0.717, 1.165) is 5.56 Å². The maximum Gasteiger partial charge on any atom is 0.254 e. The van der Waals surface area contributed by atoms with Gasteiger partial charge >= 0.3 is 0 Å². The monoisotopic (exact) mass is 283 g/mol. The van der Waals surface area contributed by atoms with Gasteiger partial charge in [-0.15, -0.1) is 0 Å². The minimum atomic E-state index is -0.122. The van der Waals surface area contributed by atoms with E-state index in [9.17, 15) is 9.59 Å². The molecule has 1 heterocycles. The number of amides is 2. The van der Waals surface area contributed by atoms with Gasteiger partial charge in [0.15, 0.2) is 0 Å². The lowest BCUT2D eigenvalue weighted by Crippen LogP contribution is -2.26. The van der Waals surface area contributed by atoms with E-state index < -0.39 is 0 Å². The summed E-state index contributed by atoms with van der Waals surface area (Å²) in [5, 5.41) is 2.57. The van der Waals surface area contributed by atoms with Gasteiger partial charge in [-0.1, -0.05) is 12.1 Å². The summed E-state index contributed by atoms with van der Waals surface area (Å²) in [7, 11) is 3.34. The van der Waals surface area contributed by atoms with Gasteiger partial charge in [0.1, 0.15) is 0 Å². The molecule has 0 spiro atoms. The van der Waals surface area contributed by atoms with E-state index in [0.29, 0.717) is 17.7 Å². The fourth-order valence-electron chi connectivity index (χ4n) is 1.97. The van der Waals surface area contributed by atoms with Crippen molar-refractivity contribution < 1.29 is 9.59 Å². The van der Waals surface area contributed by atoms with Crippen LogP contribution in [0.15, 0.2) is 48.8 Å². The van der Waals surface area contributed by atoms with Crippen LogP contribution in [0.3, 0.4) is 0 Å². The molecule has 0 aliphatic rings. The number of hydrogen-bond acceptors (Lipinski definition) is 3. The highest BCUT2D eigenvalue weighted by Crippen LogP contribution is 2.09. The molecular formula is C16H17N3O2. The Hall–Kier alpha value is -2.69. The quantitative estimate of drug-likeness (QED) is 0.929. The van der Waals surface area contributed by atoms with Crippen molar-refractivity contribution >= 4 is 11.8 Å². The molecule has 0 unspecified atom stereocenters. The lowest BCUT2D eigenvalue weighted by atomic mass is 10.1. The van der Waals surface area contributed by atoms with Crippen molar-refractivity contribution in [1.29, 1.82) is 0 Å². The fourth-order valence-corrected chi connectivity index (χ4v) is 1.97. The molecule has 0 saturated heterocycles. The molecule has 2 rings (SSSR count). The van der Waals surface area contributed by atoms with Gasteiger partial charge < -0.3 is 10.2 Å². The maximum absolute atomic E-state index is 12.2. The molecule has 1 N–H and O–H groups in total. The van der Waals surface area contributed by atoms with E-state index in [1.807, 2.05) is 12.1 Å². The van der Waals surface area contributed by atoms with Crippen molar-refractivity contribution in [2.75, 3.05) is 14.1 Å². The summed E-state index contributed by atoms with van der Waals surface area (Å²) in [6.07, 6.45) is 3.19. The van der Waals surface area contributed by atoms with Crippen molar-refractivity contribution in [3.05, 3.63) is 65.5 Å². The van der Waals surface area contributed by atoms with Gasteiger partial charge in [-0.3, -0.25) is 14.6 Å². The molecule has 21 heavy (non-hydrogen) atoms. The summed E-state index contributed by atoms with van der Waals surface area (Å²) in [6.45, 7) is 0.481. The van der Waals surface area contributed by atoms with E-state index in [2.05, 4.69) is 10.3 Å². The molecule has 0 aliphatic carbocycles. The molecule has 0 aliphatic heterocycles. The number of pyridine rings is 1. The lowest BCUT2D eigenvalue weighted by Gasteiger charge is -2.17. The highest BCUT2D eigenvalue weighted by atomic mass is 16.2. The van der Waals surface area contributed by atoms with Crippen LogP contribution in [0, 0.1) is 0 Å². The minimum absolute atomic E-state index is 0.0622. The van der Waals surface area contributed by atoms with Gasteiger partial charge in [0.2, 0.25) is 0 Å². The number of hydrogen-bond donors (Lipinski definition) is 1. The Morgan fingerprint density at radius 3 is 2.24 bits per heavy atom. The molecule has 0 fully saturated rings. The van der Waals surface area contributed by atoms with E-state index in [1.54, 1.807) is 55.7 Å². The van der Waals surface area contributed by atoms with E-state index in [4.69, 9.17) is 0 Å². The van der Waals surface area contributed by atoms with Crippen molar-refractivity contribution in [1.82, 2.24) is 15.2 Å². The van der Waals surface area contributed by atoms with E-state index >= 15 is 0 Å². The van der Waals surface area contributed by atoms with Crippen LogP contribution in [0.2, 0.25) is 0 Å². The standard InChI is InChI=1S/C16H17N3O2/c1-17-15(20)13-5-3-12(4-6-13)11-19(2)16(21)14-7-9-18-10-8-14/h3-10H,11H2,1-2H3,(H,17,20). The maximum atomic E-state index is 12.2. The normalized spacial score (nSPS) is 10.0. The second-order valence-electron chi connectivity index (χ2n) is 4.67. The van der Waals surface area contributed by atoms with Crippen LogP contribution in [0.25, 0.3) is 0 Å². The highest BCUT2D eigenvalue weighted by molar-refractivity contribution is 5.94. The SMILES string of the molecule is CNC(=O)c1ccc(CN(C)C(=O)c2ccncc2)cc1. The van der Waals surface area contributed by atoms with Gasteiger partial charge in [-0.25, -0.2) is 0 Å². The van der Waals surface area contributed by atoms with Crippen molar-refractivity contribution in [3.8, 4) is 0 Å². The summed E-state index contributed by atoms with van der Waals surface area (Å²) in [6, 6.07) is 10.6. The molecule has 0 radical (unpaired) electrons. The Labute approximate surface area is 123 Å². The van der Waals surface area contributed by atoms with Crippen molar-refractivity contribution in [3.63, 3.8) is 0 Å². The molecule has 0 bridgehead atoms. The third-order valence-electron chi connectivity index (χ3n) is 3.14. The zero-order chi connectivity index (χ0) is 15.2. The van der Waals surface area contributed by atoms with Crippen LogP contribution >= 0.6 is 0 Å². The first-order valence-corrected chi connectivity index (χ1v) is 6.58. The van der Waals surface area contributed by atoms with Crippen molar-refractivity contribution in [2.45, 2.75) is 6.54 Å². The van der Waals surface area contributed by atoms with Crippen LogP contribution in [-0.2, 0) is 6.54 Å². The first kappa shape index (κ1) is 14.7. The number of rotatable bonds is 4. The van der Waals surface area contributed by atoms with Gasteiger partial charge in [-0.2, -0.15) is 0 Å². The van der Waals surface area contributed by atoms with Crippen LogP contribution in [0.1, 0.15) is 26.3 Å². The molecule has 1 aromatic carbocycles. The van der Waals surface area contributed by atoms with Crippen LogP contribution < -0.4 is 5.32 Å². The second-order valence-corrected chi connectivity index (χ2v) is 4.67. The zero-order valence-corrected chi connectivity index (χ0v) is 12.0. The summed E-state index contributed by atoms with van der Waals surface area (Å²) in [5.41, 5.74) is 2.17. The molecule has 1 aromatic heterocycles. The van der Waals surface area contributed by atoms with E-state index in [1.165, 1.54) is 0 Å². The van der Waals surface area contributed by atoms with Crippen molar-refractivity contribution in [2.24, 2.45) is 0 Å². The lowest BCUT2D eigenvalue weighted by molar-refractivity contribution is 0.0784. The average Bonchev–Trinajstić information content (AvgIpc) is 2.55. The Morgan fingerprint density at radius 2 is 1.67 bits per heavy atom. The topological polar surface area (TPSA) is 62.3 Å². The average molecular weight is 283 g/mol. The first-order valence-electron chi connectivity index (χ1n) is 6.58. The largest absolute Gasteiger partial charge is 0.355 e. The Bertz CT molecular complexity index is 624. The highest BCUT2D eigenvalue weighted by Gasteiger charge is 2.12. The number of carbonyl (C=O) groups is 2. The Kier molecular flexibility index (Phi) is 4.66. The summed E-state index contributed by atoms with van der Waals surface area (Å²) in [5.74, 6) is -0.185. The summed E-state index contributed by atoms with van der Waals surface area (Å²) >= 11 is 0. The molecule has 5 heteroatoms. The Balaban J connectivity index is 2.04. The number of aromatic nitrogens is 1. The fraction of sp³-hybridized carbons (Fsp3) is 0.188. The predicted molar refractivity (Wildman–Crippen MR) is 79.9 cm³/mol. The third kappa shape index (κ3) is 3.66. The number of benzene rings is 1. The number of nitrogens with one attached hydrogen (secondary N) is 1. The zero-order valence-electron chi connectivity index (χ0n) is 12.0. The molecule has 0 atom stereocenters. The van der Waals surface area contributed by atoms with Crippen LogP contribution in [0.5, 0.6) is 0 Å². The summed E-state index contributed by atoms with van der Waals surface area (Å²) in [4.78, 5) is 29.2. The number of nitrogens with zero attached hydrogens (tertiary/aromatic N) is 2. The van der Waals surface area contributed by atoms with Crippen LogP contribution in [-0.4, -0.2) is 35.8 Å². The first-order chi connectivity index (χ1) is 10.1. The molecular weight excluding hydrogens is 266 g/mol. The van der Waals surface area contributed by atoms with Gasteiger partial charge in [0.05, 0.1) is 0 Å². The second kappa shape index (κ2) is 6.65. The molecule has 2 aromatic rings. The number of carbonyl (C=O) groups excluding carboxylic acids is 2. The van der Waals surface area contributed by atoms with E-state index in [-0.39, 0.29) is 11.8 Å². The molecule has 0 saturated carbocycles. The van der Waals surface area contributed by atoms with Gasteiger partial charge in [-0.05, 0) is 29.8 Å².